The molecule has 4 aromatic rings. The van der Waals surface area contributed by atoms with E-state index in [0.29, 0.717) is 41.9 Å². The molecular weight excluding hydrogens is 563 g/mol. The number of amides is 2. The molecule has 2 fully saturated rings. The molecule has 1 aromatic carbocycles. The van der Waals surface area contributed by atoms with Crippen LogP contribution in [0.1, 0.15) is 32.2 Å². The molecule has 2 aliphatic heterocycles. The smallest absolute Gasteiger partial charge is 0.397 e. The number of halogens is 4. The monoisotopic (exact) mass is 585 g/mol. The van der Waals surface area contributed by atoms with Gasteiger partial charge >= 0.3 is 6.18 Å². The summed E-state index contributed by atoms with van der Waals surface area (Å²) in [4.78, 5) is 38.2. The van der Waals surface area contributed by atoms with Crippen LogP contribution in [0.15, 0.2) is 42.7 Å². The molecule has 0 radical (unpaired) electrons. The van der Waals surface area contributed by atoms with Crippen LogP contribution in [-0.2, 0) is 12.7 Å². The van der Waals surface area contributed by atoms with Crippen LogP contribution in [0.2, 0.25) is 5.02 Å². The van der Waals surface area contributed by atoms with Crippen molar-refractivity contribution in [1.82, 2.24) is 40.7 Å². The largest absolute Gasteiger partial charge is 0.435 e. The number of pyridine rings is 1. The fourth-order valence-corrected chi connectivity index (χ4v) is 5.29. The molecule has 41 heavy (non-hydrogen) atoms. The Hall–Kier alpha value is -4.43. The fraction of sp³-hybridized carbons (Fsp3) is 0.269. The van der Waals surface area contributed by atoms with E-state index in [4.69, 9.17) is 17.3 Å². The van der Waals surface area contributed by atoms with Crippen LogP contribution >= 0.6 is 11.6 Å². The van der Waals surface area contributed by atoms with E-state index in [1.54, 1.807) is 23.1 Å². The summed E-state index contributed by atoms with van der Waals surface area (Å²) in [6, 6.07) is 8.18. The van der Waals surface area contributed by atoms with Gasteiger partial charge in [0.05, 0.1) is 51.3 Å². The van der Waals surface area contributed by atoms with E-state index in [2.05, 4.69) is 35.8 Å². The van der Waals surface area contributed by atoms with Gasteiger partial charge in [0.25, 0.3) is 11.8 Å². The fourth-order valence-electron chi connectivity index (χ4n) is 5.01. The number of nitrogen functional groups attached to an aromatic ring is 1. The van der Waals surface area contributed by atoms with Gasteiger partial charge in [0.15, 0.2) is 11.5 Å². The Morgan fingerprint density at radius 3 is 2.61 bits per heavy atom. The van der Waals surface area contributed by atoms with E-state index in [1.165, 1.54) is 18.3 Å². The number of hydrogen-bond donors (Lipinski definition) is 5. The Morgan fingerprint density at radius 1 is 1.15 bits per heavy atom. The van der Waals surface area contributed by atoms with Gasteiger partial charge in [-0.15, -0.1) is 0 Å². The Labute approximate surface area is 235 Å². The Balaban J connectivity index is 1.17. The lowest BCUT2D eigenvalue weighted by molar-refractivity contribution is -0.140. The molecule has 0 spiro atoms. The summed E-state index contributed by atoms with van der Waals surface area (Å²) in [5, 5.41) is 12.0. The van der Waals surface area contributed by atoms with Crippen LogP contribution in [-0.4, -0.2) is 67.5 Å². The number of imidazole rings is 1. The minimum absolute atomic E-state index is 0.0185. The summed E-state index contributed by atoms with van der Waals surface area (Å²) in [6.07, 6.45) is -2.36. The van der Waals surface area contributed by atoms with Gasteiger partial charge < -0.3 is 26.3 Å². The van der Waals surface area contributed by atoms with Crippen LogP contribution < -0.4 is 16.4 Å². The first-order valence-electron chi connectivity index (χ1n) is 12.6. The number of aromatic amines is 2. The first kappa shape index (κ1) is 26.8. The summed E-state index contributed by atoms with van der Waals surface area (Å²) in [7, 11) is 0. The lowest BCUT2D eigenvalue weighted by Gasteiger charge is -2.29. The van der Waals surface area contributed by atoms with Crippen molar-refractivity contribution in [2.45, 2.75) is 18.8 Å². The summed E-state index contributed by atoms with van der Waals surface area (Å²) < 4.78 is 41.3. The molecule has 2 aliphatic rings. The first-order chi connectivity index (χ1) is 19.6. The molecule has 2 atom stereocenters. The molecule has 6 N–H and O–H groups in total. The second kappa shape index (κ2) is 10.2. The zero-order valence-corrected chi connectivity index (χ0v) is 22.0. The van der Waals surface area contributed by atoms with Crippen molar-refractivity contribution in [2.24, 2.45) is 5.92 Å². The van der Waals surface area contributed by atoms with E-state index < -0.39 is 17.8 Å². The SMILES string of the molecule is Nc1ccc(-c2[nH]nc(C(F)(F)F)c2-c2cnc(C(=O)NCc3ccc(C(=O)N4CC5CNC5C4)c(Cl)c3)[nH]2)nc1. The highest BCUT2D eigenvalue weighted by Crippen LogP contribution is 2.40. The van der Waals surface area contributed by atoms with Crippen LogP contribution in [0.3, 0.4) is 0 Å². The number of H-pyrrole nitrogens is 2. The number of nitrogens with one attached hydrogen (secondary N) is 4. The van der Waals surface area contributed by atoms with Crippen LogP contribution in [0.25, 0.3) is 22.6 Å². The molecule has 3 aromatic heterocycles. The van der Waals surface area contributed by atoms with Crippen molar-refractivity contribution in [3.8, 4) is 22.6 Å². The van der Waals surface area contributed by atoms with Crippen LogP contribution in [0, 0.1) is 5.92 Å². The molecular formula is C26H23ClF3N9O2. The third kappa shape index (κ3) is 5.11. The predicted molar refractivity (Wildman–Crippen MR) is 143 cm³/mol. The molecule has 2 amide bonds. The number of rotatable bonds is 6. The normalized spacial score (nSPS) is 18.2. The molecule has 2 saturated heterocycles. The number of likely N-dealkylation sites (tertiary alicyclic amines) is 1. The number of carbonyl (C=O) groups is 2. The maximum Gasteiger partial charge on any atom is 0.435 e. The average molecular weight is 586 g/mol. The Kier molecular flexibility index (Phi) is 6.66. The number of aromatic nitrogens is 5. The maximum atomic E-state index is 13.8. The van der Waals surface area contributed by atoms with Gasteiger partial charge in [-0.25, -0.2) is 4.98 Å². The Morgan fingerprint density at radius 2 is 1.98 bits per heavy atom. The molecule has 0 aliphatic carbocycles. The highest BCUT2D eigenvalue weighted by molar-refractivity contribution is 6.33. The van der Waals surface area contributed by atoms with Crippen molar-refractivity contribution in [1.29, 1.82) is 0 Å². The molecule has 6 rings (SSSR count). The molecule has 15 heteroatoms. The molecule has 0 bridgehead atoms. The predicted octanol–water partition coefficient (Wildman–Crippen LogP) is 3.09. The van der Waals surface area contributed by atoms with E-state index in [9.17, 15) is 22.8 Å². The van der Waals surface area contributed by atoms with Gasteiger partial charge in [-0.05, 0) is 29.8 Å². The van der Waals surface area contributed by atoms with Gasteiger partial charge in [0.1, 0.15) is 0 Å². The summed E-state index contributed by atoms with van der Waals surface area (Å²) >= 11 is 6.40. The van der Waals surface area contributed by atoms with Gasteiger partial charge in [-0.2, -0.15) is 18.3 Å². The number of benzene rings is 1. The Bertz CT molecular complexity index is 1620. The van der Waals surface area contributed by atoms with Crippen LogP contribution in [0.5, 0.6) is 0 Å². The van der Waals surface area contributed by atoms with E-state index in [1.807, 2.05) is 0 Å². The van der Waals surface area contributed by atoms with Gasteiger partial charge in [-0.1, -0.05) is 17.7 Å². The number of fused-ring (bicyclic) bond motifs is 1. The highest BCUT2D eigenvalue weighted by Gasteiger charge is 2.41. The zero-order valence-electron chi connectivity index (χ0n) is 21.2. The number of alkyl halides is 3. The molecule has 212 valence electrons. The zero-order chi connectivity index (χ0) is 28.9. The van der Waals surface area contributed by atoms with Gasteiger partial charge in [0.2, 0.25) is 0 Å². The number of carbonyl (C=O) groups excluding carboxylic acids is 2. The third-order valence-electron chi connectivity index (χ3n) is 7.22. The highest BCUT2D eigenvalue weighted by atomic mass is 35.5. The lowest BCUT2D eigenvalue weighted by Crippen LogP contribution is -2.51. The number of anilines is 1. The third-order valence-corrected chi connectivity index (χ3v) is 7.54. The maximum absolute atomic E-state index is 13.8. The standard InChI is InChI=1S/C26H23ClF3N9O2/c27-16-5-12(1-3-15(16)25(41)39-10-13-7-32-19(13)11-39)6-35-24(40)23-34-9-18(36-23)20-21(17-4-2-14(31)8-33-17)37-38-22(20)26(28,29)30/h1-5,8-9,13,19,32H,6-7,10-11,31H2,(H,34,36)(H,35,40)(H,37,38). The quantitative estimate of drug-likeness (QED) is 0.233. The van der Waals surface area contributed by atoms with Gasteiger partial charge in [-0.3, -0.25) is 19.7 Å². The topological polar surface area (TPSA) is 158 Å². The van der Waals surface area contributed by atoms with Crippen LogP contribution in [0.4, 0.5) is 18.9 Å². The summed E-state index contributed by atoms with van der Waals surface area (Å²) in [5.74, 6) is -0.530. The lowest BCUT2D eigenvalue weighted by atomic mass is 9.96. The molecule has 2 unspecified atom stereocenters. The number of hydrogen-bond acceptors (Lipinski definition) is 7. The average Bonchev–Trinajstić information content (AvgIpc) is 3.65. The molecule has 11 nitrogen and oxygen atoms in total. The second-order valence-corrected chi connectivity index (χ2v) is 10.3. The van der Waals surface area contributed by atoms with Crippen molar-refractivity contribution >= 4 is 29.1 Å². The van der Waals surface area contributed by atoms with Gasteiger partial charge in [0, 0.05) is 38.1 Å². The summed E-state index contributed by atoms with van der Waals surface area (Å²) in [6.45, 7) is 2.28. The number of nitrogens with zero attached hydrogens (tertiary/aromatic N) is 4. The number of nitrogens with two attached hydrogens (primary N) is 1. The van der Waals surface area contributed by atoms with Crippen molar-refractivity contribution in [3.05, 3.63) is 70.4 Å². The van der Waals surface area contributed by atoms with E-state index in [-0.39, 0.29) is 45.9 Å². The van der Waals surface area contributed by atoms with E-state index in [0.717, 1.165) is 12.7 Å². The van der Waals surface area contributed by atoms with E-state index >= 15 is 0 Å². The van der Waals surface area contributed by atoms with Crippen molar-refractivity contribution in [3.63, 3.8) is 0 Å². The second-order valence-electron chi connectivity index (χ2n) is 9.92. The minimum atomic E-state index is -4.79. The van der Waals surface area contributed by atoms with Crippen molar-refractivity contribution < 1.29 is 22.8 Å². The minimum Gasteiger partial charge on any atom is -0.397 e. The summed E-state index contributed by atoms with van der Waals surface area (Å²) in [5.41, 5.74) is 5.53. The first-order valence-corrected chi connectivity index (χ1v) is 13.0. The molecule has 5 heterocycles. The molecule has 0 saturated carbocycles. The van der Waals surface area contributed by atoms with Crippen molar-refractivity contribution in [2.75, 3.05) is 25.4 Å².